The lowest BCUT2D eigenvalue weighted by Gasteiger charge is -2.10. The van der Waals surface area contributed by atoms with E-state index in [9.17, 15) is 9.90 Å². The van der Waals surface area contributed by atoms with Crippen LogP contribution in [0.2, 0.25) is 15.2 Å². The Labute approximate surface area is 143 Å². The molecule has 0 aliphatic heterocycles. The maximum atomic E-state index is 12.7. The minimum atomic E-state index is -0.219. The summed E-state index contributed by atoms with van der Waals surface area (Å²) < 4.78 is 3.37. The van der Waals surface area contributed by atoms with Crippen molar-refractivity contribution in [1.29, 1.82) is 0 Å². The Morgan fingerprint density at radius 1 is 1.00 bits per heavy atom. The van der Waals surface area contributed by atoms with E-state index in [-0.39, 0.29) is 21.4 Å². The van der Waals surface area contributed by atoms with Crippen LogP contribution in [-0.2, 0) is 13.1 Å². The maximum absolute atomic E-state index is 12.7. The summed E-state index contributed by atoms with van der Waals surface area (Å²) in [7, 11) is 0. The molecule has 0 radical (unpaired) electrons. The third-order valence-corrected chi connectivity index (χ3v) is 4.35. The van der Waals surface area contributed by atoms with Gasteiger partial charge in [0.2, 0.25) is 0 Å². The van der Waals surface area contributed by atoms with Crippen LogP contribution in [-0.4, -0.2) is 14.5 Å². The SMILES string of the molecule is CCCn1c(Cl)c(-c2cc(O)c(Cl)cc2Cl)c(=O)n1CCC. The normalized spacial score (nSPS) is 11.1. The largest absolute Gasteiger partial charge is 0.506 e. The summed E-state index contributed by atoms with van der Waals surface area (Å²) >= 11 is 18.4. The van der Waals surface area contributed by atoms with Crippen LogP contribution in [0.1, 0.15) is 26.7 Å². The molecule has 0 unspecified atom stereocenters. The van der Waals surface area contributed by atoms with E-state index in [1.165, 1.54) is 12.1 Å². The summed E-state index contributed by atoms with van der Waals surface area (Å²) in [4.78, 5) is 12.7. The molecule has 0 saturated carbocycles. The van der Waals surface area contributed by atoms with Crippen LogP contribution < -0.4 is 5.56 Å². The second kappa shape index (κ2) is 6.99. The lowest BCUT2D eigenvalue weighted by molar-refractivity contribution is 0.437. The van der Waals surface area contributed by atoms with Gasteiger partial charge in [-0.05, 0) is 25.0 Å². The van der Waals surface area contributed by atoms with E-state index in [1.54, 1.807) is 9.36 Å². The monoisotopic (exact) mass is 362 g/mol. The molecule has 0 atom stereocenters. The van der Waals surface area contributed by atoms with Gasteiger partial charge in [0.25, 0.3) is 5.56 Å². The fourth-order valence-electron chi connectivity index (χ4n) is 2.38. The van der Waals surface area contributed by atoms with Crippen molar-refractivity contribution in [2.45, 2.75) is 39.8 Å². The highest BCUT2D eigenvalue weighted by Gasteiger charge is 2.22. The zero-order valence-electron chi connectivity index (χ0n) is 12.4. The number of phenols is 1. The van der Waals surface area contributed by atoms with Crippen molar-refractivity contribution in [2.75, 3.05) is 0 Å². The Hall–Kier alpha value is -1.10. The molecule has 2 rings (SSSR count). The van der Waals surface area contributed by atoms with Crippen LogP contribution in [0.25, 0.3) is 11.1 Å². The first-order valence-electron chi connectivity index (χ1n) is 7.09. The first kappa shape index (κ1) is 17.3. The average molecular weight is 364 g/mol. The molecular weight excluding hydrogens is 347 g/mol. The van der Waals surface area contributed by atoms with E-state index in [4.69, 9.17) is 34.8 Å². The van der Waals surface area contributed by atoms with Gasteiger partial charge in [-0.25, -0.2) is 4.68 Å². The van der Waals surface area contributed by atoms with Crippen molar-refractivity contribution in [1.82, 2.24) is 9.36 Å². The number of hydrogen-bond donors (Lipinski definition) is 1. The molecule has 1 aromatic heterocycles. The molecule has 22 heavy (non-hydrogen) atoms. The molecule has 0 aliphatic carbocycles. The zero-order chi connectivity index (χ0) is 16.4. The predicted octanol–water partition coefficient (Wildman–Crippen LogP) is 4.80. The third kappa shape index (κ3) is 3.00. The molecule has 2 aromatic rings. The minimum Gasteiger partial charge on any atom is -0.506 e. The second-order valence-electron chi connectivity index (χ2n) is 5.00. The minimum absolute atomic E-state index is 0.131. The molecule has 0 spiro atoms. The molecule has 0 bridgehead atoms. The molecule has 7 heteroatoms. The van der Waals surface area contributed by atoms with E-state index in [2.05, 4.69) is 0 Å². The van der Waals surface area contributed by atoms with Gasteiger partial charge in [0.1, 0.15) is 10.9 Å². The Morgan fingerprint density at radius 3 is 2.18 bits per heavy atom. The number of hydrogen-bond acceptors (Lipinski definition) is 2. The summed E-state index contributed by atoms with van der Waals surface area (Å²) in [5.41, 5.74) is 0.461. The van der Waals surface area contributed by atoms with E-state index < -0.39 is 0 Å². The van der Waals surface area contributed by atoms with Crippen LogP contribution in [0, 0.1) is 0 Å². The Bertz CT molecular complexity index is 750. The summed E-state index contributed by atoms with van der Waals surface area (Å²) in [6.45, 7) is 5.20. The van der Waals surface area contributed by atoms with E-state index in [0.717, 1.165) is 12.8 Å². The van der Waals surface area contributed by atoms with Gasteiger partial charge in [-0.2, -0.15) is 0 Å². The quantitative estimate of drug-likeness (QED) is 0.829. The molecule has 0 saturated heterocycles. The van der Waals surface area contributed by atoms with Crippen LogP contribution in [0.4, 0.5) is 0 Å². The lowest BCUT2D eigenvalue weighted by atomic mass is 10.1. The van der Waals surface area contributed by atoms with Crippen LogP contribution in [0.5, 0.6) is 5.75 Å². The first-order chi connectivity index (χ1) is 10.4. The first-order valence-corrected chi connectivity index (χ1v) is 8.23. The molecule has 4 nitrogen and oxygen atoms in total. The summed E-state index contributed by atoms with van der Waals surface area (Å²) in [5.74, 6) is -0.137. The fourth-order valence-corrected chi connectivity index (χ4v) is 3.22. The van der Waals surface area contributed by atoms with Gasteiger partial charge in [-0.1, -0.05) is 48.7 Å². The number of halogens is 3. The van der Waals surface area contributed by atoms with Crippen molar-refractivity contribution in [3.05, 3.63) is 37.7 Å². The third-order valence-electron chi connectivity index (χ3n) is 3.35. The molecule has 1 N–H and O–H groups in total. The maximum Gasteiger partial charge on any atom is 0.276 e. The lowest BCUT2D eigenvalue weighted by Crippen LogP contribution is -2.23. The van der Waals surface area contributed by atoms with Crippen LogP contribution in [0.3, 0.4) is 0 Å². The number of nitrogens with zero attached hydrogens (tertiary/aromatic N) is 2. The van der Waals surface area contributed by atoms with Gasteiger partial charge in [-0.15, -0.1) is 0 Å². The number of benzene rings is 1. The Balaban J connectivity index is 2.74. The van der Waals surface area contributed by atoms with Crippen LogP contribution >= 0.6 is 34.8 Å². The predicted molar refractivity (Wildman–Crippen MR) is 91.4 cm³/mol. The number of aromatic hydroxyl groups is 1. The van der Waals surface area contributed by atoms with E-state index in [1.807, 2.05) is 13.8 Å². The highest BCUT2D eigenvalue weighted by molar-refractivity contribution is 6.38. The molecule has 0 aliphatic rings. The van der Waals surface area contributed by atoms with Gasteiger partial charge in [-0.3, -0.25) is 9.48 Å². The molecular formula is C15H17Cl3N2O2. The van der Waals surface area contributed by atoms with Crippen molar-refractivity contribution in [3.63, 3.8) is 0 Å². The zero-order valence-corrected chi connectivity index (χ0v) is 14.6. The van der Waals surface area contributed by atoms with Gasteiger partial charge in [0.05, 0.1) is 15.6 Å². The van der Waals surface area contributed by atoms with Crippen LogP contribution in [0.15, 0.2) is 16.9 Å². The fraction of sp³-hybridized carbons (Fsp3) is 0.400. The van der Waals surface area contributed by atoms with Crippen molar-refractivity contribution in [2.24, 2.45) is 0 Å². The number of rotatable bonds is 5. The van der Waals surface area contributed by atoms with E-state index >= 15 is 0 Å². The van der Waals surface area contributed by atoms with Gasteiger partial charge >= 0.3 is 0 Å². The molecule has 1 aromatic carbocycles. The molecule has 0 fully saturated rings. The average Bonchev–Trinajstić information content (AvgIpc) is 2.68. The number of aromatic nitrogens is 2. The van der Waals surface area contributed by atoms with Crippen molar-refractivity contribution >= 4 is 34.8 Å². The van der Waals surface area contributed by atoms with Gasteiger partial charge < -0.3 is 5.11 Å². The number of phenolic OH excluding ortho intramolecular Hbond substituents is 1. The molecule has 1 heterocycles. The highest BCUT2D eigenvalue weighted by atomic mass is 35.5. The van der Waals surface area contributed by atoms with Crippen molar-refractivity contribution < 1.29 is 5.11 Å². The van der Waals surface area contributed by atoms with E-state index in [0.29, 0.717) is 29.4 Å². The summed E-state index contributed by atoms with van der Waals surface area (Å²) in [6.07, 6.45) is 1.65. The van der Waals surface area contributed by atoms with Gasteiger partial charge in [0, 0.05) is 18.7 Å². The topological polar surface area (TPSA) is 47.2 Å². The molecule has 120 valence electrons. The standard InChI is InChI=1S/C15H17Cl3N2O2/c1-3-5-19-14(18)13(15(22)20(19)6-4-2)9-7-12(21)11(17)8-10(9)16/h7-8,21H,3-6H2,1-2H3. The highest BCUT2D eigenvalue weighted by Crippen LogP contribution is 2.37. The Morgan fingerprint density at radius 2 is 1.59 bits per heavy atom. The second-order valence-corrected chi connectivity index (χ2v) is 6.17. The Kier molecular flexibility index (Phi) is 5.48. The van der Waals surface area contributed by atoms with Gasteiger partial charge in [0.15, 0.2) is 0 Å². The molecule has 0 amide bonds. The smallest absolute Gasteiger partial charge is 0.276 e. The van der Waals surface area contributed by atoms with Crippen molar-refractivity contribution in [3.8, 4) is 16.9 Å². The summed E-state index contributed by atoms with van der Waals surface area (Å²) in [5, 5.41) is 10.5. The summed E-state index contributed by atoms with van der Waals surface area (Å²) in [6, 6.07) is 2.78.